The van der Waals surface area contributed by atoms with Gasteiger partial charge < -0.3 is 49.3 Å². The standard InChI is InChI=1S/C53H84O17P2/c1-3-5-7-8-9-10-11-12-13-14-15-16-17-18-22-25-28-31-35-39-46(54)65-41-43(42-66-72(63,64)70-53-50(58)48(56)49(57)52(51(53)59)69-71(60,61)62)67-47(55)40-36-32-29-26-23-20-19-21-24-27-30-34-38-45-44(68-45)37-33-6-4-2/h5-7,9-10,12-13,15-16,20-21,23-24,29-30,32-34,43-45,48-53,56-59H,3-4,8,11,14,17-19,22,25-28,31,35-42H2,1-2H3,(H,63,64)(H2,60,61,62)/b7-5-,10-9-,13-12-,16-15-,23-20-,24-21-,32-29-,33-6-,34-30-/t43-,44?,45?,48?,49?,50?,51?,52-,53+/m1/s1. The van der Waals surface area contributed by atoms with E-state index in [9.17, 15) is 53.8 Å². The van der Waals surface area contributed by atoms with E-state index in [1.54, 1.807) is 6.08 Å². The number of unbranched alkanes of at least 4 members (excludes halogenated alkanes) is 6. The highest BCUT2D eigenvalue weighted by Crippen LogP contribution is 2.49. The molecule has 17 nitrogen and oxygen atoms in total. The number of carbonyl (C=O) groups excluding carboxylic acids is 2. The van der Waals surface area contributed by atoms with Crippen molar-refractivity contribution in [3.8, 4) is 0 Å². The summed E-state index contributed by atoms with van der Waals surface area (Å²) in [6.45, 7) is 2.80. The van der Waals surface area contributed by atoms with E-state index in [0.29, 0.717) is 31.5 Å². The molecule has 10 atom stereocenters. The molecule has 1 saturated heterocycles. The third-order valence-corrected chi connectivity index (χ3v) is 12.8. The van der Waals surface area contributed by atoms with E-state index < -0.39 is 83.5 Å². The summed E-state index contributed by atoms with van der Waals surface area (Å²) < 4.78 is 55.1. The topological polar surface area (TPSA) is 269 Å². The second-order valence-corrected chi connectivity index (χ2v) is 20.1. The van der Waals surface area contributed by atoms with Gasteiger partial charge >= 0.3 is 27.6 Å². The van der Waals surface area contributed by atoms with E-state index in [0.717, 1.165) is 96.3 Å². The Balaban J connectivity index is 1.80. The van der Waals surface area contributed by atoms with Crippen LogP contribution in [0.1, 0.15) is 142 Å². The first-order chi connectivity index (χ1) is 34.6. The predicted molar refractivity (Wildman–Crippen MR) is 277 cm³/mol. The van der Waals surface area contributed by atoms with Gasteiger partial charge in [0.15, 0.2) is 6.10 Å². The number of ether oxygens (including phenoxy) is 3. The molecule has 7 unspecified atom stereocenters. The maximum absolute atomic E-state index is 13.0. The maximum atomic E-state index is 13.0. The zero-order valence-corrected chi connectivity index (χ0v) is 44.0. The van der Waals surface area contributed by atoms with Crippen LogP contribution in [0.5, 0.6) is 0 Å². The van der Waals surface area contributed by atoms with Crippen molar-refractivity contribution in [2.45, 2.75) is 197 Å². The Hall–Kier alpha value is -3.38. The van der Waals surface area contributed by atoms with Gasteiger partial charge in [-0.1, -0.05) is 149 Å². The van der Waals surface area contributed by atoms with E-state index >= 15 is 0 Å². The van der Waals surface area contributed by atoms with Crippen LogP contribution in [0.3, 0.4) is 0 Å². The molecule has 0 aromatic carbocycles. The van der Waals surface area contributed by atoms with Crippen molar-refractivity contribution in [3.63, 3.8) is 0 Å². The van der Waals surface area contributed by atoms with Gasteiger partial charge in [0.25, 0.3) is 0 Å². The Labute approximate surface area is 427 Å². The molecule has 2 fully saturated rings. The molecular weight excluding hydrogens is 971 g/mol. The van der Waals surface area contributed by atoms with Crippen molar-refractivity contribution < 1.29 is 81.6 Å². The summed E-state index contributed by atoms with van der Waals surface area (Å²) in [5.41, 5.74) is 0. The number of aliphatic hydroxyl groups is 4. The van der Waals surface area contributed by atoms with Gasteiger partial charge in [-0.05, 0) is 89.9 Å². The van der Waals surface area contributed by atoms with Crippen LogP contribution in [0.15, 0.2) is 109 Å². The van der Waals surface area contributed by atoms with Gasteiger partial charge in [-0.25, -0.2) is 9.13 Å². The van der Waals surface area contributed by atoms with Gasteiger partial charge in [0.2, 0.25) is 0 Å². The van der Waals surface area contributed by atoms with Crippen LogP contribution in [-0.4, -0.2) is 115 Å². The molecule has 0 spiro atoms. The molecule has 2 aliphatic rings. The molecule has 2 rings (SSSR count). The number of rotatable bonds is 40. The van der Waals surface area contributed by atoms with E-state index in [2.05, 4.69) is 103 Å². The SMILES string of the molecule is CC/C=C\C/C=C\C/C=C\C/C=C\CCCCCCCCC(=O)OC[C@H](COP(=O)(O)O[C@H]1C(O)C(O)C(O)[C@@H](OP(=O)(O)O)C1O)OC(=O)CC/C=C\C/C=C\C/C=C\C/C=C\CC1OC1C/C=C\CC. The minimum atomic E-state index is -5.38. The fourth-order valence-electron chi connectivity index (χ4n) is 7.26. The first kappa shape index (κ1) is 64.7. The normalized spacial score (nSPS) is 24.5. The smallest absolute Gasteiger partial charge is 0.462 e. The molecular formula is C53H84O17P2. The number of phosphoric ester groups is 2. The fourth-order valence-corrected chi connectivity index (χ4v) is 8.80. The van der Waals surface area contributed by atoms with E-state index in [-0.39, 0.29) is 12.8 Å². The molecule has 1 heterocycles. The minimum Gasteiger partial charge on any atom is -0.462 e. The van der Waals surface area contributed by atoms with Gasteiger partial charge in [0.05, 0.1) is 18.8 Å². The lowest BCUT2D eigenvalue weighted by atomic mass is 9.85. The third kappa shape index (κ3) is 32.0. The molecule has 7 N–H and O–H groups in total. The average molecular weight is 1060 g/mol. The minimum absolute atomic E-state index is 0.0795. The molecule has 0 radical (unpaired) electrons. The van der Waals surface area contributed by atoms with Crippen molar-refractivity contribution in [2.75, 3.05) is 13.2 Å². The Bertz CT molecular complexity index is 1870. The fraction of sp³-hybridized carbons (Fsp3) is 0.623. The summed E-state index contributed by atoms with van der Waals surface area (Å²) in [7, 11) is -10.7. The third-order valence-electron chi connectivity index (χ3n) is 11.3. The number of hydrogen-bond donors (Lipinski definition) is 7. The Morgan fingerprint density at radius 3 is 1.49 bits per heavy atom. The Morgan fingerprint density at radius 1 is 0.500 bits per heavy atom. The second-order valence-electron chi connectivity index (χ2n) is 17.5. The highest BCUT2D eigenvalue weighted by molar-refractivity contribution is 7.47. The number of hydrogen-bond acceptors (Lipinski definition) is 14. The van der Waals surface area contributed by atoms with Crippen molar-refractivity contribution in [1.82, 2.24) is 0 Å². The van der Waals surface area contributed by atoms with Crippen LogP contribution in [-0.2, 0) is 46.5 Å². The first-order valence-corrected chi connectivity index (χ1v) is 28.6. The predicted octanol–water partition coefficient (Wildman–Crippen LogP) is 9.49. The van der Waals surface area contributed by atoms with Crippen molar-refractivity contribution in [3.05, 3.63) is 109 Å². The van der Waals surface area contributed by atoms with Crippen LogP contribution >= 0.6 is 15.6 Å². The average Bonchev–Trinajstić information content (AvgIpc) is 4.10. The lowest BCUT2D eigenvalue weighted by molar-refractivity contribution is -0.216. The monoisotopic (exact) mass is 1050 g/mol. The molecule has 0 amide bonds. The second kappa shape index (κ2) is 39.1. The van der Waals surface area contributed by atoms with Crippen molar-refractivity contribution in [2.24, 2.45) is 0 Å². The number of allylic oxidation sites excluding steroid dienone is 16. The highest BCUT2D eigenvalue weighted by atomic mass is 31.2. The number of phosphoric acid groups is 2. The van der Waals surface area contributed by atoms with Crippen molar-refractivity contribution >= 4 is 27.6 Å². The van der Waals surface area contributed by atoms with Gasteiger partial charge in [0.1, 0.15) is 43.2 Å². The van der Waals surface area contributed by atoms with Crippen molar-refractivity contribution in [1.29, 1.82) is 0 Å². The molecule has 72 heavy (non-hydrogen) atoms. The summed E-state index contributed by atoms with van der Waals surface area (Å²) in [6.07, 6.45) is 39.4. The zero-order valence-electron chi connectivity index (χ0n) is 42.3. The lowest BCUT2D eigenvalue weighted by Gasteiger charge is -2.43. The van der Waals surface area contributed by atoms with Crippen LogP contribution in [0.4, 0.5) is 0 Å². The van der Waals surface area contributed by atoms with Gasteiger partial charge in [-0.15, -0.1) is 0 Å². The zero-order chi connectivity index (χ0) is 52.9. The molecule has 0 aromatic heterocycles. The molecule has 1 saturated carbocycles. The van der Waals surface area contributed by atoms with Crippen LogP contribution in [0.25, 0.3) is 0 Å². The summed E-state index contributed by atoms with van der Waals surface area (Å²) >= 11 is 0. The van der Waals surface area contributed by atoms with Gasteiger partial charge in [0, 0.05) is 12.8 Å². The molecule has 408 valence electrons. The molecule has 19 heteroatoms. The van der Waals surface area contributed by atoms with Gasteiger partial charge in [-0.3, -0.25) is 23.2 Å². The molecule has 0 bridgehead atoms. The summed E-state index contributed by atoms with van der Waals surface area (Å²) in [5, 5.41) is 41.3. The quantitative estimate of drug-likeness (QED) is 0.00990. The summed E-state index contributed by atoms with van der Waals surface area (Å²) in [4.78, 5) is 54.4. The van der Waals surface area contributed by atoms with E-state index in [4.69, 9.17) is 23.3 Å². The lowest BCUT2D eigenvalue weighted by Crippen LogP contribution is -2.64. The first-order valence-electron chi connectivity index (χ1n) is 25.6. The summed E-state index contributed by atoms with van der Waals surface area (Å²) in [5.74, 6) is -1.33. The largest absolute Gasteiger partial charge is 0.472 e. The molecule has 1 aliphatic carbocycles. The highest BCUT2D eigenvalue weighted by Gasteiger charge is 2.54. The van der Waals surface area contributed by atoms with Crippen LogP contribution in [0, 0.1) is 0 Å². The molecule has 1 aliphatic heterocycles. The van der Waals surface area contributed by atoms with E-state index in [1.165, 1.54) is 0 Å². The Kier molecular flexibility index (Phi) is 35.1. The number of epoxide rings is 1. The van der Waals surface area contributed by atoms with Crippen LogP contribution in [0.2, 0.25) is 0 Å². The molecule has 0 aromatic rings. The number of carbonyl (C=O) groups is 2. The number of esters is 2. The number of aliphatic hydroxyl groups excluding tert-OH is 4. The summed E-state index contributed by atoms with van der Waals surface area (Å²) in [6, 6.07) is 0. The van der Waals surface area contributed by atoms with Gasteiger partial charge in [-0.2, -0.15) is 0 Å². The van der Waals surface area contributed by atoms with Crippen LogP contribution < -0.4 is 0 Å². The maximum Gasteiger partial charge on any atom is 0.472 e. The van der Waals surface area contributed by atoms with E-state index in [1.807, 2.05) is 18.2 Å². The Morgan fingerprint density at radius 2 is 0.944 bits per heavy atom.